The minimum absolute atomic E-state index is 0.368. The minimum Gasteiger partial charge on any atom is -0.497 e. The zero-order valence-corrected chi connectivity index (χ0v) is 9.02. The van der Waals surface area contributed by atoms with Gasteiger partial charge in [-0.1, -0.05) is 0 Å². The van der Waals surface area contributed by atoms with Crippen molar-refractivity contribution in [2.75, 3.05) is 26.7 Å². The molecular formula is C11H17N3O. The van der Waals surface area contributed by atoms with Crippen LogP contribution in [0.4, 0.5) is 0 Å². The number of nitrogens with zero attached hydrogens (tertiary/aromatic N) is 2. The molecule has 1 unspecified atom stereocenters. The molecule has 2 aliphatic rings. The number of fused-ring (bicyclic) bond motifs is 1. The van der Waals surface area contributed by atoms with Gasteiger partial charge in [-0.15, -0.1) is 0 Å². The van der Waals surface area contributed by atoms with Crippen LogP contribution in [-0.4, -0.2) is 43.9 Å². The third-order valence-corrected chi connectivity index (χ3v) is 2.72. The predicted molar refractivity (Wildman–Crippen MR) is 60.7 cm³/mol. The summed E-state index contributed by atoms with van der Waals surface area (Å²) in [6, 6.07) is 0.368. The minimum atomic E-state index is 0.368. The van der Waals surface area contributed by atoms with E-state index in [0.29, 0.717) is 19.2 Å². The summed E-state index contributed by atoms with van der Waals surface area (Å²) in [7, 11) is 2.11. The van der Waals surface area contributed by atoms with Crippen molar-refractivity contribution in [3.63, 3.8) is 0 Å². The third-order valence-electron chi connectivity index (χ3n) is 2.72. The van der Waals surface area contributed by atoms with E-state index in [0.717, 1.165) is 24.4 Å². The number of likely N-dealkylation sites (N-methyl/N-ethyl adjacent to an activating group) is 1. The van der Waals surface area contributed by atoms with Crippen LogP contribution in [0.5, 0.6) is 0 Å². The Bertz CT molecular complexity index is 320. The van der Waals surface area contributed by atoms with Crippen LogP contribution in [0.3, 0.4) is 0 Å². The fraction of sp³-hybridized carbons (Fsp3) is 0.545. The van der Waals surface area contributed by atoms with Crippen LogP contribution in [-0.2, 0) is 4.74 Å². The topological polar surface area (TPSA) is 50.8 Å². The van der Waals surface area contributed by atoms with Crippen LogP contribution in [0.1, 0.15) is 6.42 Å². The number of ether oxygens (including phenoxy) is 1. The summed E-state index contributed by atoms with van der Waals surface area (Å²) in [5, 5.41) is 0. The predicted octanol–water partition coefficient (Wildman–Crippen LogP) is 0.518. The van der Waals surface area contributed by atoms with Gasteiger partial charge >= 0.3 is 0 Å². The smallest absolute Gasteiger partial charge is 0.0999 e. The van der Waals surface area contributed by atoms with E-state index in [1.54, 1.807) is 0 Å². The van der Waals surface area contributed by atoms with Crippen LogP contribution in [0.15, 0.2) is 28.6 Å². The fourth-order valence-corrected chi connectivity index (χ4v) is 1.86. The molecule has 2 rings (SSSR count). The largest absolute Gasteiger partial charge is 0.497 e. The van der Waals surface area contributed by atoms with Crippen LogP contribution in [0.2, 0.25) is 0 Å². The summed E-state index contributed by atoms with van der Waals surface area (Å²) in [5.74, 6) is 1.01. The van der Waals surface area contributed by atoms with Gasteiger partial charge in [-0.2, -0.15) is 0 Å². The third kappa shape index (κ3) is 2.27. The molecule has 0 aromatic carbocycles. The van der Waals surface area contributed by atoms with E-state index in [1.807, 2.05) is 18.4 Å². The molecule has 15 heavy (non-hydrogen) atoms. The van der Waals surface area contributed by atoms with Gasteiger partial charge < -0.3 is 10.5 Å². The molecule has 2 N–H and O–H groups in total. The fourth-order valence-electron chi connectivity index (χ4n) is 1.86. The molecule has 4 heteroatoms. The number of hydrogen-bond donors (Lipinski definition) is 1. The molecule has 0 radical (unpaired) electrons. The average molecular weight is 207 g/mol. The number of rotatable bonds is 3. The molecule has 1 atom stereocenters. The summed E-state index contributed by atoms with van der Waals surface area (Å²) < 4.78 is 5.54. The van der Waals surface area contributed by atoms with E-state index >= 15 is 0 Å². The van der Waals surface area contributed by atoms with Gasteiger partial charge in [0.2, 0.25) is 0 Å². The van der Waals surface area contributed by atoms with Gasteiger partial charge in [-0.05, 0) is 19.2 Å². The lowest BCUT2D eigenvalue weighted by Gasteiger charge is -2.32. The van der Waals surface area contributed by atoms with Gasteiger partial charge in [0.05, 0.1) is 24.1 Å². The average Bonchev–Trinajstić information content (AvgIpc) is 2.27. The van der Waals surface area contributed by atoms with Crippen molar-refractivity contribution < 1.29 is 4.74 Å². The lowest BCUT2D eigenvalue weighted by molar-refractivity contribution is 0.183. The van der Waals surface area contributed by atoms with E-state index in [2.05, 4.69) is 16.9 Å². The lowest BCUT2D eigenvalue weighted by atomic mass is 10.0. The summed E-state index contributed by atoms with van der Waals surface area (Å²) >= 11 is 0. The van der Waals surface area contributed by atoms with Gasteiger partial charge in [0.1, 0.15) is 0 Å². The highest BCUT2D eigenvalue weighted by atomic mass is 16.5. The molecule has 0 saturated heterocycles. The SMILES string of the molecule is CN1CC=NC2=CC=C(OCCN)CC21. The zero-order valence-electron chi connectivity index (χ0n) is 9.02. The first-order valence-corrected chi connectivity index (χ1v) is 5.27. The Balaban J connectivity index is 2.06. The highest BCUT2D eigenvalue weighted by molar-refractivity contribution is 5.63. The van der Waals surface area contributed by atoms with Gasteiger partial charge in [0.15, 0.2) is 0 Å². The lowest BCUT2D eigenvalue weighted by Crippen LogP contribution is -2.38. The van der Waals surface area contributed by atoms with E-state index in [1.165, 1.54) is 0 Å². The number of allylic oxidation sites excluding steroid dienone is 2. The second kappa shape index (κ2) is 4.59. The highest BCUT2D eigenvalue weighted by Gasteiger charge is 2.25. The molecular weight excluding hydrogens is 190 g/mol. The van der Waals surface area contributed by atoms with Crippen molar-refractivity contribution in [1.29, 1.82) is 0 Å². The summed E-state index contributed by atoms with van der Waals surface area (Å²) in [6.45, 7) is 2.06. The normalized spacial score (nSPS) is 25.6. The van der Waals surface area contributed by atoms with E-state index in [9.17, 15) is 0 Å². The van der Waals surface area contributed by atoms with Crippen LogP contribution >= 0.6 is 0 Å². The van der Waals surface area contributed by atoms with Crippen molar-refractivity contribution in [3.05, 3.63) is 23.6 Å². The molecule has 0 aromatic rings. The molecule has 4 nitrogen and oxygen atoms in total. The van der Waals surface area contributed by atoms with Crippen molar-refractivity contribution in [2.45, 2.75) is 12.5 Å². The molecule has 0 spiro atoms. The van der Waals surface area contributed by atoms with Gasteiger partial charge in [0.25, 0.3) is 0 Å². The zero-order chi connectivity index (χ0) is 10.7. The molecule has 1 aliphatic carbocycles. The Kier molecular flexibility index (Phi) is 3.18. The highest BCUT2D eigenvalue weighted by Crippen LogP contribution is 2.26. The Morgan fingerprint density at radius 1 is 1.60 bits per heavy atom. The Labute approximate surface area is 90.1 Å². The Hall–Kier alpha value is -1.13. The standard InChI is InChI=1S/C11H17N3O/c1-14-6-5-13-10-3-2-9(8-11(10)14)15-7-4-12/h2-3,5,11H,4,6-8,12H2,1H3. The first-order chi connectivity index (χ1) is 7.31. The summed E-state index contributed by atoms with van der Waals surface area (Å²) in [5.41, 5.74) is 6.53. The Morgan fingerprint density at radius 3 is 3.27 bits per heavy atom. The number of nitrogens with two attached hydrogens (primary N) is 1. The van der Waals surface area contributed by atoms with Crippen LogP contribution in [0, 0.1) is 0 Å². The van der Waals surface area contributed by atoms with E-state index in [4.69, 9.17) is 10.5 Å². The van der Waals surface area contributed by atoms with Crippen molar-refractivity contribution >= 4 is 6.21 Å². The van der Waals surface area contributed by atoms with Crippen molar-refractivity contribution in [1.82, 2.24) is 4.90 Å². The van der Waals surface area contributed by atoms with E-state index < -0.39 is 0 Å². The van der Waals surface area contributed by atoms with E-state index in [-0.39, 0.29) is 0 Å². The van der Waals surface area contributed by atoms with Gasteiger partial charge in [-0.25, -0.2) is 0 Å². The van der Waals surface area contributed by atoms with Gasteiger partial charge in [-0.3, -0.25) is 9.89 Å². The molecule has 1 aliphatic heterocycles. The second-order valence-corrected chi connectivity index (χ2v) is 3.83. The quantitative estimate of drug-likeness (QED) is 0.734. The maximum atomic E-state index is 5.54. The maximum Gasteiger partial charge on any atom is 0.0999 e. The van der Waals surface area contributed by atoms with Gasteiger partial charge in [0, 0.05) is 25.7 Å². The van der Waals surface area contributed by atoms with Crippen LogP contribution < -0.4 is 5.73 Å². The summed E-state index contributed by atoms with van der Waals surface area (Å²) in [4.78, 5) is 6.66. The first-order valence-electron chi connectivity index (χ1n) is 5.27. The second-order valence-electron chi connectivity index (χ2n) is 3.83. The number of hydrogen-bond acceptors (Lipinski definition) is 4. The van der Waals surface area contributed by atoms with Crippen molar-refractivity contribution in [2.24, 2.45) is 10.7 Å². The number of aliphatic imine (C=N–C) groups is 1. The summed E-state index contributed by atoms with van der Waals surface area (Å²) in [6.07, 6.45) is 6.88. The molecule has 0 fully saturated rings. The Morgan fingerprint density at radius 2 is 2.47 bits per heavy atom. The maximum absolute atomic E-state index is 5.54. The molecule has 0 amide bonds. The van der Waals surface area contributed by atoms with Crippen LogP contribution in [0.25, 0.3) is 0 Å². The monoisotopic (exact) mass is 207 g/mol. The molecule has 0 bridgehead atoms. The first kappa shape index (κ1) is 10.4. The van der Waals surface area contributed by atoms with Crippen molar-refractivity contribution in [3.8, 4) is 0 Å². The molecule has 0 aromatic heterocycles. The molecule has 1 heterocycles. The molecule has 82 valence electrons. The molecule has 0 saturated carbocycles.